The van der Waals surface area contributed by atoms with Gasteiger partial charge in [-0.25, -0.2) is 9.59 Å². The number of aryl methyl sites for hydroxylation is 1. The fourth-order valence-corrected chi connectivity index (χ4v) is 2.62. The van der Waals surface area contributed by atoms with Gasteiger partial charge in [-0.1, -0.05) is 13.0 Å². The molecule has 8 heteroatoms. The van der Waals surface area contributed by atoms with E-state index in [2.05, 4.69) is 10.6 Å². The second kappa shape index (κ2) is 7.69. The quantitative estimate of drug-likeness (QED) is 0.789. The summed E-state index contributed by atoms with van der Waals surface area (Å²) in [5.41, 5.74) is 1.17. The monoisotopic (exact) mass is 375 g/mol. The topological polar surface area (TPSA) is 98.7 Å². The van der Waals surface area contributed by atoms with E-state index >= 15 is 0 Å². The van der Waals surface area contributed by atoms with Gasteiger partial charge in [-0.3, -0.25) is 10.1 Å². The van der Waals surface area contributed by atoms with Crippen LogP contribution in [-0.4, -0.2) is 35.2 Å². The molecule has 0 fully saturated rings. The lowest BCUT2D eigenvalue weighted by Gasteiger charge is -2.19. The molecular weight excluding hydrogens is 350 g/mol. The zero-order chi connectivity index (χ0) is 20.4. The van der Waals surface area contributed by atoms with E-state index in [0.29, 0.717) is 22.7 Å². The maximum absolute atomic E-state index is 12.5. The lowest BCUT2D eigenvalue weighted by molar-refractivity contribution is -0.136. The molecule has 0 spiro atoms. The number of anilines is 1. The summed E-state index contributed by atoms with van der Waals surface area (Å²) in [5.74, 6) is -0.938. The molecule has 1 unspecified atom stereocenters. The molecule has 0 saturated heterocycles. The molecule has 1 aromatic heterocycles. The van der Waals surface area contributed by atoms with Crippen LogP contribution in [0.25, 0.3) is 0 Å². The number of allylic oxidation sites excluding steroid dienone is 2. The Hall–Kier alpha value is -3.03. The summed E-state index contributed by atoms with van der Waals surface area (Å²) in [4.78, 5) is 36.1. The number of carbonyl (C=O) groups excluding carboxylic acids is 3. The molecule has 0 bridgehead atoms. The fourth-order valence-electron chi connectivity index (χ4n) is 2.62. The predicted molar refractivity (Wildman–Crippen MR) is 100 cm³/mol. The van der Waals surface area contributed by atoms with Crippen molar-refractivity contribution in [1.29, 1.82) is 0 Å². The van der Waals surface area contributed by atoms with Crippen molar-refractivity contribution in [2.24, 2.45) is 13.0 Å². The van der Waals surface area contributed by atoms with Gasteiger partial charge in [0.25, 0.3) is 5.91 Å². The minimum Gasteiger partial charge on any atom is -0.466 e. The van der Waals surface area contributed by atoms with Crippen LogP contribution in [0.15, 0.2) is 35.7 Å². The Balaban J connectivity index is 2.07. The van der Waals surface area contributed by atoms with Crippen LogP contribution < -0.4 is 10.6 Å². The molecule has 0 aromatic carbocycles. The molecule has 8 nitrogen and oxygen atoms in total. The summed E-state index contributed by atoms with van der Waals surface area (Å²) < 4.78 is 11.5. The molecule has 27 heavy (non-hydrogen) atoms. The standard InChI is InChI=1S/C19H25N3O5/c1-11-7-12(8-14(11)17(24)26-6)20-16(23)15-9-13(10-22(15)5)21-18(25)27-19(2,3)4/h7-11H,1-6H3,(H,20,23)(H,21,25). The second-order valence-corrected chi connectivity index (χ2v) is 7.31. The van der Waals surface area contributed by atoms with Crippen LogP contribution in [0.5, 0.6) is 0 Å². The lowest BCUT2D eigenvalue weighted by Crippen LogP contribution is -2.27. The average Bonchev–Trinajstić information content (AvgIpc) is 3.07. The molecule has 0 saturated carbocycles. The van der Waals surface area contributed by atoms with E-state index in [9.17, 15) is 14.4 Å². The van der Waals surface area contributed by atoms with Crippen LogP contribution in [0.1, 0.15) is 38.2 Å². The fraction of sp³-hybridized carbons (Fsp3) is 0.421. The number of hydrogen-bond donors (Lipinski definition) is 2. The highest BCUT2D eigenvalue weighted by Gasteiger charge is 2.24. The van der Waals surface area contributed by atoms with Gasteiger partial charge < -0.3 is 19.4 Å². The highest BCUT2D eigenvalue weighted by molar-refractivity contribution is 5.97. The Bertz CT molecular complexity index is 827. The Kier molecular flexibility index (Phi) is 5.78. The maximum atomic E-state index is 12.5. The first-order chi connectivity index (χ1) is 12.5. The van der Waals surface area contributed by atoms with Crippen LogP contribution in [0, 0.1) is 5.92 Å². The first kappa shape index (κ1) is 20.3. The summed E-state index contributed by atoms with van der Waals surface area (Å²) in [5, 5.41) is 5.35. The van der Waals surface area contributed by atoms with Crippen LogP contribution in [0.4, 0.5) is 10.5 Å². The molecule has 1 aromatic rings. The van der Waals surface area contributed by atoms with E-state index in [0.717, 1.165) is 0 Å². The second-order valence-electron chi connectivity index (χ2n) is 7.31. The molecule has 146 valence electrons. The summed E-state index contributed by atoms with van der Waals surface area (Å²) in [6.07, 6.45) is 4.38. The molecule has 2 rings (SSSR count). The Morgan fingerprint density at radius 1 is 1.19 bits per heavy atom. The van der Waals surface area contributed by atoms with Crippen molar-refractivity contribution in [3.05, 3.63) is 41.4 Å². The third-order valence-corrected chi connectivity index (χ3v) is 3.79. The molecule has 0 aliphatic heterocycles. The number of hydrogen-bond acceptors (Lipinski definition) is 5. The Morgan fingerprint density at radius 2 is 1.85 bits per heavy atom. The molecule has 1 aliphatic rings. The Labute approximate surface area is 158 Å². The molecule has 1 atom stereocenters. The summed E-state index contributed by atoms with van der Waals surface area (Å²) in [6, 6.07) is 1.54. The van der Waals surface area contributed by atoms with E-state index in [-0.39, 0.29) is 11.8 Å². The number of ether oxygens (including phenoxy) is 2. The van der Waals surface area contributed by atoms with Gasteiger partial charge in [0.05, 0.1) is 12.8 Å². The van der Waals surface area contributed by atoms with Crippen molar-refractivity contribution in [2.75, 3.05) is 12.4 Å². The lowest BCUT2D eigenvalue weighted by atomic mass is 10.1. The van der Waals surface area contributed by atoms with Gasteiger partial charge in [-0.15, -0.1) is 0 Å². The van der Waals surface area contributed by atoms with E-state index in [1.54, 1.807) is 56.8 Å². The van der Waals surface area contributed by atoms with Gasteiger partial charge >= 0.3 is 12.1 Å². The van der Waals surface area contributed by atoms with Crippen molar-refractivity contribution in [2.45, 2.75) is 33.3 Å². The minimum absolute atomic E-state index is 0.148. The number of nitrogens with one attached hydrogen (secondary N) is 2. The number of carbonyl (C=O) groups is 3. The van der Waals surface area contributed by atoms with Crippen LogP contribution in [0.3, 0.4) is 0 Å². The number of nitrogens with zero attached hydrogens (tertiary/aromatic N) is 1. The zero-order valence-corrected chi connectivity index (χ0v) is 16.4. The van der Waals surface area contributed by atoms with Gasteiger partial charge in [-0.2, -0.15) is 0 Å². The van der Waals surface area contributed by atoms with Crippen molar-refractivity contribution >= 4 is 23.7 Å². The zero-order valence-electron chi connectivity index (χ0n) is 16.4. The molecule has 2 amide bonds. The number of aromatic nitrogens is 1. The van der Waals surface area contributed by atoms with Crippen LogP contribution >= 0.6 is 0 Å². The normalized spacial score (nSPS) is 16.3. The van der Waals surface area contributed by atoms with Gasteiger partial charge in [-0.05, 0) is 32.9 Å². The van der Waals surface area contributed by atoms with Gasteiger partial charge in [0.2, 0.25) is 0 Å². The molecule has 2 N–H and O–H groups in total. The Morgan fingerprint density at radius 3 is 2.44 bits per heavy atom. The average molecular weight is 375 g/mol. The summed E-state index contributed by atoms with van der Waals surface area (Å²) >= 11 is 0. The first-order valence-corrected chi connectivity index (χ1v) is 8.49. The number of amides is 2. The SMILES string of the molecule is COC(=O)C1=CC(NC(=O)c2cc(NC(=O)OC(C)(C)C)cn2C)=CC1C. The summed E-state index contributed by atoms with van der Waals surface area (Å²) in [6.45, 7) is 7.14. The third-order valence-electron chi connectivity index (χ3n) is 3.79. The first-order valence-electron chi connectivity index (χ1n) is 8.49. The minimum atomic E-state index is -0.617. The van der Waals surface area contributed by atoms with Crippen LogP contribution in [-0.2, 0) is 21.3 Å². The largest absolute Gasteiger partial charge is 0.466 e. The molecular formula is C19H25N3O5. The highest BCUT2D eigenvalue weighted by atomic mass is 16.6. The third kappa shape index (κ3) is 5.22. The number of rotatable bonds is 4. The van der Waals surface area contributed by atoms with E-state index in [4.69, 9.17) is 9.47 Å². The van der Waals surface area contributed by atoms with Gasteiger partial charge in [0.1, 0.15) is 11.3 Å². The maximum Gasteiger partial charge on any atom is 0.412 e. The van der Waals surface area contributed by atoms with Gasteiger partial charge in [0, 0.05) is 30.4 Å². The van der Waals surface area contributed by atoms with Crippen molar-refractivity contribution < 1.29 is 23.9 Å². The van der Waals surface area contributed by atoms with Crippen molar-refractivity contribution in [3.8, 4) is 0 Å². The highest BCUT2D eigenvalue weighted by Crippen LogP contribution is 2.24. The van der Waals surface area contributed by atoms with Crippen LogP contribution in [0.2, 0.25) is 0 Å². The summed E-state index contributed by atoms with van der Waals surface area (Å²) in [7, 11) is 3.01. The van der Waals surface area contributed by atoms with Crippen molar-refractivity contribution in [1.82, 2.24) is 9.88 Å². The van der Waals surface area contributed by atoms with Gasteiger partial charge in [0.15, 0.2) is 0 Å². The van der Waals surface area contributed by atoms with E-state index < -0.39 is 17.7 Å². The molecule has 0 radical (unpaired) electrons. The number of esters is 1. The smallest absolute Gasteiger partial charge is 0.412 e. The molecule has 1 heterocycles. The predicted octanol–water partition coefficient (Wildman–Crippen LogP) is 2.73. The van der Waals surface area contributed by atoms with E-state index in [1.165, 1.54) is 7.11 Å². The molecule has 1 aliphatic carbocycles. The van der Waals surface area contributed by atoms with Crippen molar-refractivity contribution in [3.63, 3.8) is 0 Å². The number of methoxy groups -OCH3 is 1. The van der Waals surface area contributed by atoms with E-state index in [1.807, 2.05) is 6.92 Å².